The summed E-state index contributed by atoms with van der Waals surface area (Å²) in [5, 5.41) is 20.9. The minimum Gasteiger partial charge on any atom is -0.462 e. The number of hydrogen-bond donors (Lipinski definition) is 5. The number of aromatic nitrogens is 2. The van der Waals surface area contributed by atoms with E-state index in [2.05, 4.69) is 59.6 Å². The van der Waals surface area contributed by atoms with Crippen molar-refractivity contribution in [1.29, 1.82) is 0 Å². The predicted molar refractivity (Wildman–Crippen MR) is 270 cm³/mol. The highest BCUT2D eigenvalue weighted by molar-refractivity contribution is 7.61. The van der Waals surface area contributed by atoms with Gasteiger partial charge in [0.1, 0.15) is 30.7 Å². The van der Waals surface area contributed by atoms with E-state index in [1.165, 1.54) is 51.0 Å². The lowest BCUT2D eigenvalue weighted by atomic mass is 10.1. The number of phosphoric acid groups is 2. The summed E-state index contributed by atoms with van der Waals surface area (Å²) in [6.07, 6.45) is 33.7. The molecule has 0 saturated carbocycles. The summed E-state index contributed by atoms with van der Waals surface area (Å²) in [7, 11) is -10.9. The molecule has 0 spiro atoms. The maximum Gasteiger partial charge on any atom is 0.481 e. The topological polar surface area (TPSA) is 278 Å². The number of carbonyl (C=O) groups excluding carboxylic acids is 2. The molecule has 71 heavy (non-hydrogen) atoms. The number of nitrogens with zero attached hydrogens (tertiary/aromatic N) is 2. The average Bonchev–Trinajstić information content (AvgIpc) is 4.02. The number of unbranched alkanes of at least 4 members (excludes halogenated alkanes) is 14. The standard InChI is InChI=1S/C50H83N3O16P2/c1-3-5-7-8-9-10-11-12-13-14-15-20-23-26-30-34-46(55)66-40(37-63-45(54)33-29-25-22-19-17-16-18-21-24-28-32-42-41(67-42)31-27-6-4-2)38-64-70(59,60)69-71(61,62)65-39-43-47(56)48(57)49(68-43)53-36-35-44(51)52-50(53)58/h10-11,16,18-19,22,24,28,35-36,40-43,47-49,56-57H,3-9,12-15,17,20-21,23,25-27,29-34,37-39H2,1-2H3,(H,59,60)(H,61,62)(H2,51,52,58)/b11-10-,18-16-,22-19-,28-24-/t40-,41?,42?,43-,47-,48-,49-/m1/s1. The van der Waals surface area contributed by atoms with Gasteiger partial charge in [0.25, 0.3) is 0 Å². The summed E-state index contributed by atoms with van der Waals surface area (Å²) >= 11 is 0. The Morgan fingerprint density at radius 1 is 0.704 bits per heavy atom. The van der Waals surface area contributed by atoms with Crippen LogP contribution in [-0.4, -0.2) is 97.9 Å². The van der Waals surface area contributed by atoms with Crippen LogP contribution < -0.4 is 11.4 Å². The Morgan fingerprint density at radius 2 is 1.28 bits per heavy atom. The molecule has 21 heteroatoms. The van der Waals surface area contributed by atoms with Gasteiger partial charge in [-0.2, -0.15) is 9.29 Å². The monoisotopic (exact) mass is 1040 g/mol. The number of rotatable bonds is 41. The first-order valence-corrected chi connectivity index (χ1v) is 28.8. The van der Waals surface area contributed by atoms with Crippen LogP contribution in [0.5, 0.6) is 0 Å². The molecule has 9 atom stereocenters. The van der Waals surface area contributed by atoms with Crippen LogP contribution in [0.15, 0.2) is 65.7 Å². The van der Waals surface area contributed by atoms with Crippen molar-refractivity contribution in [2.24, 2.45) is 0 Å². The van der Waals surface area contributed by atoms with E-state index in [0.29, 0.717) is 31.5 Å². The van der Waals surface area contributed by atoms with Crippen molar-refractivity contribution >= 4 is 33.4 Å². The number of nitrogens with two attached hydrogens (primary N) is 1. The van der Waals surface area contributed by atoms with E-state index < -0.39 is 83.7 Å². The summed E-state index contributed by atoms with van der Waals surface area (Å²) in [6, 6.07) is 1.24. The van der Waals surface area contributed by atoms with E-state index in [9.17, 15) is 43.5 Å². The van der Waals surface area contributed by atoms with E-state index >= 15 is 0 Å². The highest BCUT2D eigenvalue weighted by atomic mass is 31.3. The van der Waals surface area contributed by atoms with E-state index in [-0.39, 0.29) is 18.7 Å². The second-order valence-electron chi connectivity index (χ2n) is 18.1. The Labute approximate surface area is 420 Å². The lowest BCUT2D eigenvalue weighted by Crippen LogP contribution is -2.36. The first-order valence-electron chi connectivity index (χ1n) is 25.8. The van der Waals surface area contributed by atoms with Crippen molar-refractivity contribution in [3.8, 4) is 0 Å². The lowest BCUT2D eigenvalue weighted by Gasteiger charge is -2.21. The van der Waals surface area contributed by atoms with Crippen molar-refractivity contribution in [2.75, 3.05) is 25.6 Å². The first-order chi connectivity index (χ1) is 34.1. The molecular weight excluding hydrogens is 961 g/mol. The molecule has 2 saturated heterocycles. The molecule has 0 aliphatic carbocycles. The minimum atomic E-state index is -5.44. The quantitative estimate of drug-likeness (QED) is 0.0134. The van der Waals surface area contributed by atoms with Gasteiger partial charge in [0.2, 0.25) is 0 Å². The molecule has 0 bridgehead atoms. The zero-order valence-electron chi connectivity index (χ0n) is 42.0. The Hall–Kier alpha value is -3.32. The number of anilines is 1. The number of epoxide rings is 1. The number of esters is 2. The highest BCUT2D eigenvalue weighted by Gasteiger charge is 2.46. The minimum absolute atomic E-state index is 0.0301. The molecule has 0 radical (unpaired) electrons. The van der Waals surface area contributed by atoms with Crippen LogP contribution in [-0.2, 0) is 51.0 Å². The van der Waals surface area contributed by atoms with Gasteiger partial charge in [-0.1, -0.05) is 133 Å². The molecule has 404 valence electrons. The molecule has 2 fully saturated rings. The average molecular weight is 1040 g/mol. The van der Waals surface area contributed by atoms with Crippen LogP contribution in [0.3, 0.4) is 0 Å². The first kappa shape index (κ1) is 62.0. The van der Waals surface area contributed by atoms with E-state index in [1.807, 2.05) is 12.2 Å². The maximum absolute atomic E-state index is 12.9. The fraction of sp³-hybridized carbons (Fsp3) is 0.720. The molecule has 0 amide bonds. The van der Waals surface area contributed by atoms with Gasteiger partial charge in [-0.05, 0) is 76.7 Å². The number of allylic oxidation sites excluding steroid dienone is 7. The van der Waals surface area contributed by atoms with Crippen LogP contribution in [0.25, 0.3) is 0 Å². The lowest BCUT2D eigenvalue weighted by molar-refractivity contribution is -0.161. The number of hydrogen-bond acceptors (Lipinski definition) is 16. The van der Waals surface area contributed by atoms with Crippen LogP contribution in [0.2, 0.25) is 0 Å². The normalized spacial score (nSPS) is 22.4. The van der Waals surface area contributed by atoms with Crippen LogP contribution in [0, 0.1) is 0 Å². The summed E-state index contributed by atoms with van der Waals surface area (Å²) in [4.78, 5) is 61.9. The Balaban J connectivity index is 1.41. The number of aliphatic hydroxyl groups is 2. The molecule has 0 aromatic carbocycles. The zero-order chi connectivity index (χ0) is 51.7. The van der Waals surface area contributed by atoms with Gasteiger partial charge >= 0.3 is 33.3 Å². The largest absolute Gasteiger partial charge is 0.481 e. The van der Waals surface area contributed by atoms with Gasteiger partial charge in [0.15, 0.2) is 12.3 Å². The molecule has 2 aliphatic heterocycles. The van der Waals surface area contributed by atoms with Crippen molar-refractivity contribution in [3.05, 3.63) is 71.4 Å². The molecule has 3 rings (SSSR count). The summed E-state index contributed by atoms with van der Waals surface area (Å²) in [5.74, 6) is -1.37. The summed E-state index contributed by atoms with van der Waals surface area (Å²) in [5.41, 5.74) is 4.58. The van der Waals surface area contributed by atoms with Gasteiger partial charge in [0.05, 0.1) is 25.4 Å². The Morgan fingerprint density at radius 3 is 1.97 bits per heavy atom. The molecule has 19 nitrogen and oxygen atoms in total. The maximum atomic E-state index is 12.9. The summed E-state index contributed by atoms with van der Waals surface area (Å²) < 4.78 is 62.5. The van der Waals surface area contributed by atoms with E-state index in [0.717, 1.165) is 87.8 Å². The Kier molecular flexibility index (Phi) is 31.2. The van der Waals surface area contributed by atoms with Gasteiger partial charge in [0, 0.05) is 19.0 Å². The Bertz CT molecular complexity index is 1950. The molecule has 6 N–H and O–H groups in total. The van der Waals surface area contributed by atoms with E-state index in [1.54, 1.807) is 0 Å². The van der Waals surface area contributed by atoms with Crippen molar-refractivity contribution in [2.45, 2.75) is 211 Å². The highest BCUT2D eigenvalue weighted by Crippen LogP contribution is 2.60. The van der Waals surface area contributed by atoms with Crippen LogP contribution in [0.1, 0.15) is 174 Å². The number of phosphoric ester groups is 2. The number of carbonyl (C=O) groups is 2. The zero-order valence-corrected chi connectivity index (χ0v) is 43.7. The van der Waals surface area contributed by atoms with Crippen molar-refractivity contribution in [1.82, 2.24) is 9.55 Å². The smallest absolute Gasteiger partial charge is 0.462 e. The molecular formula is C50H83N3O16P2. The molecule has 3 heterocycles. The second-order valence-corrected chi connectivity index (χ2v) is 21.1. The fourth-order valence-electron chi connectivity index (χ4n) is 7.69. The van der Waals surface area contributed by atoms with Gasteiger partial charge in [-0.15, -0.1) is 0 Å². The number of aliphatic hydroxyl groups excluding tert-OH is 2. The molecule has 2 aliphatic rings. The third-order valence-electron chi connectivity index (χ3n) is 11.8. The van der Waals surface area contributed by atoms with Crippen molar-refractivity contribution in [3.63, 3.8) is 0 Å². The summed E-state index contributed by atoms with van der Waals surface area (Å²) in [6.45, 7) is 2.05. The van der Waals surface area contributed by atoms with Gasteiger partial charge in [-0.3, -0.25) is 23.2 Å². The van der Waals surface area contributed by atoms with Gasteiger partial charge < -0.3 is 44.7 Å². The fourth-order valence-corrected chi connectivity index (χ4v) is 9.80. The van der Waals surface area contributed by atoms with Crippen LogP contribution in [0.4, 0.5) is 5.82 Å². The molecule has 4 unspecified atom stereocenters. The number of nitrogen functional groups attached to an aromatic ring is 1. The molecule has 1 aromatic rings. The van der Waals surface area contributed by atoms with Crippen LogP contribution >= 0.6 is 15.6 Å². The SMILES string of the molecule is CCCCCC/C=C\CCCCCCCCCC(=O)O[C@H](COC(=O)CCC/C=C\C/C=C\C/C=C\CC1OC1CCCCC)COP(=O)(O)OP(=O)(O)OC[C@H]1O[C@@H](n2ccc(N)nc2=O)[C@H](O)[C@@H]1O. The van der Waals surface area contributed by atoms with E-state index in [4.69, 9.17) is 33.7 Å². The predicted octanol–water partition coefficient (Wildman–Crippen LogP) is 9.54. The molecule has 1 aromatic heterocycles. The van der Waals surface area contributed by atoms with Gasteiger partial charge in [-0.25, -0.2) is 13.9 Å². The third kappa shape index (κ3) is 28.1. The number of ether oxygens (including phenoxy) is 4. The third-order valence-corrected chi connectivity index (χ3v) is 14.4. The van der Waals surface area contributed by atoms with Crippen molar-refractivity contribution < 1.29 is 71.0 Å². The second kappa shape index (κ2) is 35.8.